The Balaban J connectivity index is 1.71. The normalized spacial score (nSPS) is 19.1. The second kappa shape index (κ2) is 8.39. The summed E-state index contributed by atoms with van der Waals surface area (Å²) in [5.74, 6) is 1.59. The monoisotopic (exact) mass is 432 g/mol. The zero-order chi connectivity index (χ0) is 20.4. The molecule has 0 aromatic heterocycles. The quantitative estimate of drug-likeness (QED) is 0.763. The molecule has 4 rings (SSSR count). The topological polar surface area (TPSA) is 78.5 Å². The first-order valence-corrected chi connectivity index (χ1v) is 10.1. The standard InChI is InChI=1S/C20H22Cl2N6O/c1-29-17-8-7-14(12-16(17)22)24-19-25-18(23)26-20(27-9-2-3-10-27)28(19)15-6-4-5-13(21)11-15/h4-8,11-12,19,24H,2-3,9-10H2,1H3,(H2,23,25). The van der Waals surface area contributed by atoms with Crippen LogP contribution < -0.4 is 20.7 Å². The average molecular weight is 433 g/mol. The third-order valence-corrected chi connectivity index (χ3v) is 5.38. The lowest BCUT2D eigenvalue weighted by molar-refractivity contribution is 0.415. The third kappa shape index (κ3) is 4.21. The van der Waals surface area contributed by atoms with Crippen LogP contribution in [0.1, 0.15) is 12.8 Å². The number of ether oxygens (including phenoxy) is 1. The van der Waals surface area contributed by atoms with E-state index in [1.807, 2.05) is 35.2 Å². The number of nitrogens with one attached hydrogen (secondary N) is 1. The first kappa shape index (κ1) is 19.7. The van der Waals surface area contributed by atoms with Gasteiger partial charge >= 0.3 is 0 Å². The summed E-state index contributed by atoms with van der Waals surface area (Å²) in [4.78, 5) is 13.3. The summed E-state index contributed by atoms with van der Waals surface area (Å²) < 4.78 is 5.24. The smallest absolute Gasteiger partial charge is 0.222 e. The Morgan fingerprint density at radius 1 is 1.14 bits per heavy atom. The zero-order valence-corrected chi connectivity index (χ0v) is 17.5. The van der Waals surface area contributed by atoms with E-state index in [1.165, 1.54) is 0 Å². The molecule has 0 amide bonds. The Kier molecular flexibility index (Phi) is 5.69. The lowest BCUT2D eigenvalue weighted by Gasteiger charge is -2.38. The van der Waals surface area contributed by atoms with Gasteiger partial charge < -0.3 is 20.7 Å². The molecule has 2 aliphatic heterocycles. The fraction of sp³-hybridized carbons (Fsp3) is 0.300. The molecule has 1 saturated heterocycles. The Morgan fingerprint density at radius 2 is 1.93 bits per heavy atom. The van der Waals surface area contributed by atoms with E-state index >= 15 is 0 Å². The molecule has 0 bridgehead atoms. The molecule has 2 aromatic rings. The van der Waals surface area contributed by atoms with E-state index in [0.29, 0.717) is 15.8 Å². The molecule has 9 heteroatoms. The zero-order valence-electron chi connectivity index (χ0n) is 16.0. The van der Waals surface area contributed by atoms with Gasteiger partial charge in [0.25, 0.3) is 0 Å². The fourth-order valence-electron chi connectivity index (χ4n) is 3.50. The predicted octanol–water partition coefficient (Wildman–Crippen LogP) is 3.98. The minimum Gasteiger partial charge on any atom is -0.495 e. The van der Waals surface area contributed by atoms with Gasteiger partial charge in [0.05, 0.1) is 12.1 Å². The summed E-state index contributed by atoms with van der Waals surface area (Å²) in [6.07, 6.45) is 1.73. The number of guanidine groups is 2. The molecule has 3 N–H and O–H groups in total. The Hall–Kier alpha value is -2.64. The van der Waals surface area contributed by atoms with Gasteiger partial charge in [-0.15, -0.1) is 0 Å². The first-order valence-electron chi connectivity index (χ1n) is 9.37. The van der Waals surface area contributed by atoms with E-state index in [1.54, 1.807) is 19.2 Å². The SMILES string of the molecule is COc1ccc(NC2N=C(N)N=C(N3CCCC3)N2c2cccc(Cl)c2)cc1Cl. The van der Waals surface area contributed by atoms with Crippen LogP contribution in [0, 0.1) is 0 Å². The maximum Gasteiger partial charge on any atom is 0.222 e. The van der Waals surface area contributed by atoms with E-state index < -0.39 is 6.29 Å². The summed E-state index contributed by atoms with van der Waals surface area (Å²) >= 11 is 12.6. The molecule has 2 aromatic carbocycles. The highest BCUT2D eigenvalue weighted by Gasteiger charge is 2.32. The maximum atomic E-state index is 6.29. The van der Waals surface area contributed by atoms with Crippen LogP contribution in [0.3, 0.4) is 0 Å². The van der Waals surface area contributed by atoms with Crippen molar-refractivity contribution >= 4 is 46.5 Å². The highest BCUT2D eigenvalue weighted by molar-refractivity contribution is 6.32. The number of methoxy groups -OCH3 is 1. The van der Waals surface area contributed by atoms with E-state index in [2.05, 4.69) is 20.2 Å². The number of halogens is 2. The van der Waals surface area contributed by atoms with Crippen LogP contribution in [0.25, 0.3) is 0 Å². The van der Waals surface area contributed by atoms with Crippen molar-refractivity contribution in [2.75, 3.05) is 30.4 Å². The van der Waals surface area contributed by atoms with Crippen LogP contribution in [0.4, 0.5) is 11.4 Å². The van der Waals surface area contributed by atoms with Gasteiger partial charge in [0.2, 0.25) is 18.2 Å². The molecule has 1 fully saturated rings. The van der Waals surface area contributed by atoms with E-state index in [9.17, 15) is 0 Å². The van der Waals surface area contributed by atoms with Crippen molar-refractivity contribution in [3.63, 3.8) is 0 Å². The molecule has 0 saturated carbocycles. The summed E-state index contributed by atoms with van der Waals surface area (Å²) in [7, 11) is 1.58. The van der Waals surface area contributed by atoms with Gasteiger partial charge in [0.1, 0.15) is 5.75 Å². The summed E-state index contributed by atoms with van der Waals surface area (Å²) in [5.41, 5.74) is 7.74. The number of benzene rings is 2. The van der Waals surface area contributed by atoms with Gasteiger partial charge in [-0.3, -0.25) is 4.90 Å². The molecule has 0 radical (unpaired) electrons. The predicted molar refractivity (Wildman–Crippen MR) is 119 cm³/mol. The molecule has 0 spiro atoms. The molecule has 2 aliphatic rings. The highest BCUT2D eigenvalue weighted by Crippen LogP contribution is 2.30. The largest absolute Gasteiger partial charge is 0.495 e. The van der Waals surface area contributed by atoms with Gasteiger partial charge in [-0.1, -0.05) is 29.3 Å². The molecule has 152 valence electrons. The number of rotatable bonds is 4. The minimum absolute atomic E-state index is 0.224. The van der Waals surface area contributed by atoms with E-state index in [0.717, 1.165) is 43.3 Å². The van der Waals surface area contributed by atoms with Gasteiger partial charge in [0, 0.05) is 29.5 Å². The molecule has 1 atom stereocenters. The molecular formula is C20H22Cl2N6O. The van der Waals surface area contributed by atoms with Crippen LogP contribution in [0.5, 0.6) is 5.75 Å². The minimum atomic E-state index is -0.508. The molecule has 7 nitrogen and oxygen atoms in total. The summed E-state index contributed by atoms with van der Waals surface area (Å²) in [5, 5.41) is 4.54. The highest BCUT2D eigenvalue weighted by atomic mass is 35.5. The van der Waals surface area contributed by atoms with Gasteiger partial charge in [-0.05, 0) is 49.2 Å². The average Bonchev–Trinajstić information content (AvgIpc) is 3.22. The third-order valence-electron chi connectivity index (χ3n) is 4.85. The summed E-state index contributed by atoms with van der Waals surface area (Å²) in [6.45, 7) is 1.84. The van der Waals surface area contributed by atoms with Crippen molar-refractivity contribution in [2.45, 2.75) is 19.1 Å². The Bertz CT molecular complexity index is 958. The number of aliphatic imine (C=N–C) groups is 2. The lowest BCUT2D eigenvalue weighted by atomic mass is 10.2. The van der Waals surface area contributed by atoms with Crippen LogP contribution >= 0.6 is 23.2 Å². The second-order valence-corrected chi connectivity index (χ2v) is 7.65. The number of nitrogens with zero attached hydrogens (tertiary/aromatic N) is 4. The van der Waals surface area contributed by atoms with Gasteiger partial charge in [-0.25, -0.2) is 4.99 Å². The van der Waals surface area contributed by atoms with Crippen molar-refractivity contribution in [3.8, 4) is 5.75 Å². The molecule has 0 aliphatic carbocycles. The van der Waals surface area contributed by atoms with E-state index in [-0.39, 0.29) is 5.96 Å². The van der Waals surface area contributed by atoms with Crippen molar-refractivity contribution in [1.82, 2.24) is 4.90 Å². The van der Waals surface area contributed by atoms with Crippen LogP contribution in [-0.4, -0.2) is 43.3 Å². The van der Waals surface area contributed by atoms with Crippen LogP contribution in [-0.2, 0) is 0 Å². The van der Waals surface area contributed by atoms with Crippen LogP contribution in [0.2, 0.25) is 10.0 Å². The number of hydrogen-bond acceptors (Lipinski definition) is 7. The fourth-order valence-corrected chi connectivity index (χ4v) is 3.94. The number of nitrogens with two attached hydrogens (primary N) is 1. The molecular weight excluding hydrogens is 411 g/mol. The molecule has 29 heavy (non-hydrogen) atoms. The van der Waals surface area contributed by atoms with Crippen molar-refractivity contribution in [3.05, 3.63) is 52.5 Å². The van der Waals surface area contributed by atoms with E-state index in [4.69, 9.17) is 33.7 Å². The van der Waals surface area contributed by atoms with Crippen molar-refractivity contribution in [1.29, 1.82) is 0 Å². The van der Waals surface area contributed by atoms with Gasteiger partial charge in [-0.2, -0.15) is 4.99 Å². The van der Waals surface area contributed by atoms with Crippen molar-refractivity contribution < 1.29 is 4.74 Å². The second-order valence-electron chi connectivity index (χ2n) is 6.81. The Labute approximate surface area is 179 Å². The lowest BCUT2D eigenvalue weighted by Crippen LogP contribution is -2.54. The number of likely N-dealkylation sites (tertiary alicyclic amines) is 1. The number of anilines is 2. The first-order chi connectivity index (χ1) is 14.0. The van der Waals surface area contributed by atoms with Crippen LogP contribution in [0.15, 0.2) is 52.4 Å². The van der Waals surface area contributed by atoms with Gasteiger partial charge in [0.15, 0.2) is 0 Å². The Morgan fingerprint density at radius 3 is 2.62 bits per heavy atom. The molecule has 2 heterocycles. The molecule has 1 unspecified atom stereocenters. The maximum absolute atomic E-state index is 6.29. The van der Waals surface area contributed by atoms with Crippen molar-refractivity contribution in [2.24, 2.45) is 15.7 Å². The number of hydrogen-bond donors (Lipinski definition) is 2. The summed E-state index contributed by atoms with van der Waals surface area (Å²) in [6, 6.07) is 13.1.